The van der Waals surface area contributed by atoms with Crippen LogP contribution in [0, 0.1) is 5.41 Å². The molecule has 1 spiro atoms. The van der Waals surface area contributed by atoms with Gasteiger partial charge in [0.15, 0.2) is 5.79 Å². The van der Waals surface area contributed by atoms with Gasteiger partial charge in [-0.15, -0.1) is 4.72 Å². The van der Waals surface area contributed by atoms with Gasteiger partial charge < -0.3 is 14.0 Å². The Morgan fingerprint density at radius 1 is 1.13 bits per heavy atom. The van der Waals surface area contributed by atoms with E-state index in [1.54, 1.807) is 39.0 Å². The van der Waals surface area contributed by atoms with Gasteiger partial charge >= 0.3 is 0 Å². The van der Waals surface area contributed by atoms with E-state index in [1.165, 1.54) is 12.1 Å². The normalized spacial score (nSPS) is 24.1. The van der Waals surface area contributed by atoms with Gasteiger partial charge in [-0.1, -0.05) is 25.1 Å². The fourth-order valence-electron chi connectivity index (χ4n) is 4.47. The second kappa shape index (κ2) is 9.27. The van der Waals surface area contributed by atoms with Gasteiger partial charge in [0.25, 0.3) is 0 Å². The van der Waals surface area contributed by atoms with Crippen molar-refractivity contribution < 1.29 is 26.8 Å². The minimum Gasteiger partial charge on any atom is -0.598 e. The highest BCUT2D eigenvalue weighted by atomic mass is 32.2. The predicted molar refractivity (Wildman–Crippen MR) is 119 cm³/mol. The molecule has 1 aromatic rings. The SMILES string of the molecule is CCC1(C(N[S+]([O-])C(C)(C)C)C(F)S(=O)(=O)c2ccccc2)CCC2(CC1)OCCO2. The number of benzene rings is 1. The first-order chi connectivity index (χ1) is 14.5. The van der Waals surface area contributed by atoms with Gasteiger partial charge in [0.1, 0.15) is 10.8 Å². The molecule has 1 N–H and O–H groups in total. The lowest BCUT2D eigenvalue weighted by Crippen LogP contribution is -2.59. The first-order valence-electron chi connectivity index (χ1n) is 10.8. The van der Waals surface area contributed by atoms with E-state index in [0.29, 0.717) is 45.3 Å². The van der Waals surface area contributed by atoms with E-state index in [4.69, 9.17) is 9.47 Å². The van der Waals surface area contributed by atoms with Crippen LogP contribution in [-0.4, -0.2) is 48.3 Å². The molecule has 1 saturated carbocycles. The van der Waals surface area contributed by atoms with Crippen molar-refractivity contribution in [2.75, 3.05) is 13.2 Å². The van der Waals surface area contributed by atoms with Gasteiger partial charge in [0, 0.05) is 24.2 Å². The molecule has 176 valence electrons. The molecule has 1 aromatic carbocycles. The highest BCUT2D eigenvalue weighted by Crippen LogP contribution is 2.50. The number of alkyl halides is 1. The third kappa shape index (κ3) is 5.12. The molecular weight excluding hydrogens is 441 g/mol. The molecule has 9 heteroatoms. The maximum atomic E-state index is 16.0. The Labute approximate surface area is 188 Å². The summed E-state index contributed by atoms with van der Waals surface area (Å²) in [6.07, 6.45) is 2.70. The van der Waals surface area contributed by atoms with E-state index in [-0.39, 0.29) is 4.90 Å². The number of ether oxygens (including phenoxy) is 2. The molecule has 0 radical (unpaired) electrons. The smallest absolute Gasteiger partial charge is 0.225 e. The minimum absolute atomic E-state index is 0.0724. The molecule has 2 fully saturated rings. The van der Waals surface area contributed by atoms with Gasteiger partial charge in [0.05, 0.1) is 18.1 Å². The highest BCUT2D eigenvalue weighted by Gasteiger charge is 2.55. The molecule has 3 rings (SSSR count). The summed E-state index contributed by atoms with van der Waals surface area (Å²) >= 11 is -1.64. The fourth-order valence-corrected chi connectivity index (χ4v) is 7.02. The summed E-state index contributed by atoms with van der Waals surface area (Å²) in [5.74, 6) is -0.656. The average molecular weight is 476 g/mol. The summed E-state index contributed by atoms with van der Waals surface area (Å²) in [5.41, 5.74) is -2.93. The molecule has 0 amide bonds. The van der Waals surface area contributed by atoms with Gasteiger partial charge in [-0.25, -0.2) is 12.8 Å². The van der Waals surface area contributed by atoms with E-state index in [1.807, 2.05) is 6.92 Å². The summed E-state index contributed by atoms with van der Waals surface area (Å²) in [5, 5.41) is 0. The second-order valence-electron chi connectivity index (χ2n) is 9.51. The van der Waals surface area contributed by atoms with Crippen LogP contribution in [0.15, 0.2) is 35.2 Å². The van der Waals surface area contributed by atoms with Crippen LogP contribution < -0.4 is 4.72 Å². The highest BCUT2D eigenvalue weighted by molar-refractivity contribution is 7.92. The number of halogens is 1. The Morgan fingerprint density at radius 3 is 2.16 bits per heavy atom. The molecule has 6 nitrogen and oxygen atoms in total. The standard InChI is InChI=1S/C22H34FNO5S2/c1-5-21(11-13-22(14-12-21)28-15-16-29-22)18(24-30(25)20(2,3)4)19(23)31(26,27)17-9-7-6-8-10-17/h6-10,18-19,24H,5,11-16H2,1-4H3. The van der Waals surface area contributed by atoms with Crippen molar-refractivity contribution in [3.8, 4) is 0 Å². The van der Waals surface area contributed by atoms with Crippen LogP contribution >= 0.6 is 0 Å². The molecule has 1 aliphatic carbocycles. The van der Waals surface area contributed by atoms with Crippen LogP contribution in [-0.2, 0) is 30.7 Å². The number of rotatable bonds is 7. The third-order valence-electron chi connectivity index (χ3n) is 6.61. The Bertz CT molecular complexity index is 827. The summed E-state index contributed by atoms with van der Waals surface area (Å²) in [6.45, 7) is 8.33. The molecular formula is C22H34FNO5S2. The van der Waals surface area contributed by atoms with E-state index in [0.717, 1.165) is 0 Å². The Kier molecular flexibility index (Phi) is 7.45. The lowest BCUT2D eigenvalue weighted by Gasteiger charge is -2.48. The van der Waals surface area contributed by atoms with Gasteiger partial charge in [-0.3, -0.25) is 0 Å². The summed E-state index contributed by atoms with van der Waals surface area (Å²) in [4.78, 5) is -0.0724. The van der Waals surface area contributed by atoms with E-state index < -0.39 is 48.7 Å². The molecule has 0 bridgehead atoms. The van der Waals surface area contributed by atoms with Crippen LogP contribution in [0.5, 0.6) is 0 Å². The fraction of sp³-hybridized carbons (Fsp3) is 0.727. The van der Waals surface area contributed by atoms with Crippen molar-refractivity contribution in [3.05, 3.63) is 30.3 Å². The van der Waals surface area contributed by atoms with E-state index in [2.05, 4.69) is 4.72 Å². The number of sulfone groups is 1. The number of hydrogen-bond acceptors (Lipinski definition) is 6. The molecule has 1 saturated heterocycles. The lowest BCUT2D eigenvalue weighted by atomic mass is 9.66. The maximum Gasteiger partial charge on any atom is 0.225 e. The zero-order chi connectivity index (χ0) is 22.9. The monoisotopic (exact) mass is 475 g/mol. The maximum absolute atomic E-state index is 16.0. The molecule has 0 aromatic heterocycles. The van der Waals surface area contributed by atoms with Crippen molar-refractivity contribution >= 4 is 21.2 Å². The van der Waals surface area contributed by atoms with Crippen molar-refractivity contribution in [1.82, 2.24) is 4.72 Å². The molecule has 1 heterocycles. The Morgan fingerprint density at radius 2 is 1.68 bits per heavy atom. The molecule has 1 aliphatic heterocycles. The second-order valence-corrected chi connectivity index (χ2v) is 13.5. The van der Waals surface area contributed by atoms with Crippen LogP contribution in [0.25, 0.3) is 0 Å². The Hall–Kier alpha value is -0.710. The van der Waals surface area contributed by atoms with Gasteiger partial charge in [-0.05, 0) is 57.6 Å². The third-order valence-corrected chi connectivity index (χ3v) is 9.98. The van der Waals surface area contributed by atoms with Crippen molar-refractivity contribution in [1.29, 1.82) is 0 Å². The quantitative estimate of drug-likeness (QED) is 0.602. The van der Waals surface area contributed by atoms with Crippen LogP contribution in [0.4, 0.5) is 4.39 Å². The summed E-state index contributed by atoms with van der Waals surface area (Å²) < 4.78 is 69.3. The summed E-state index contributed by atoms with van der Waals surface area (Å²) in [6, 6.07) is 6.50. The largest absolute Gasteiger partial charge is 0.598 e. The minimum atomic E-state index is -4.28. The first kappa shape index (κ1) is 24.9. The van der Waals surface area contributed by atoms with Crippen molar-refractivity contribution in [3.63, 3.8) is 0 Å². The molecule has 3 unspecified atom stereocenters. The predicted octanol–water partition coefficient (Wildman–Crippen LogP) is 3.89. The van der Waals surface area contributed by atoms with Crippen LogP contribution in [0.1, 0.15) is 59.8 Å². The van der Waals surface area contributed by atoms with Gasteiger partial charge in [0.2, 0.25) is 15.3 Å². The van der Waals surface area contributed by atoms with Crippen molar-refractivity contribution in [2.45, 2.75) is 86.8 Å². The average Bonchev–Trinajstić information content (AvgIpc) is 3.20. The topological polar surface area (TPSA) is 87.7 Å². The van der Waals surface area contributed by atoms with Crippen molar-refractivity contribution in [2.24, 2.45) is 5.41 Å². The molecule has 31 heavy (non-hydrogen) atoms. The van der Waals surface area contributed by atoms with Gasteiger partial charge in [-0.2, -0.15) is 0 Å². The first-order valence-corrected chi connectivity index (χ1v) is 13.5. The Balaban J connectivity index is 1.95. The van der Waals surface area contributed by atoms with Crippen LogP contribution in [0.2, 0.25) is 0 Å². The van der Waals surface area contributed by atoms with E-state index in [9.17, 15) is 13.0 Å². The van der Waals surface area contributed by atoms with Crippen LogP contribution in [0.3, 0.4) is 0 Å². The molecule has 3 atom stereocenters. The zero-order valence-electron chi connectivity index (χ0n) is 18.7. The van der Waals surface area contributed by atoms with E-state index >= 15 is 4.39 Å². The summed E-state index contributed by atoms with van der Waals surface area (Å²) in [7, 11) is -4.28. The lowest BCUT2D eigenvalue weighted by molar-refractivity contribution is -0.195. The number of nitrogens with one attached hydrogen (secondary N) is 1. The molecule has 2 aliphatic rings. The number of hydrogen-bond donors (Lipinski definition) is 1. The zero-order valence-corrected chi connectivity index (χ0v) is 20.4.